The molecule has 0 saturated carbocycles. The molecule has 0 aromatic heterocycles. The maximum atomic E-state index is 12.1. The number of ether oxygens (including phenoxy) is 2. The van der Waals surface area contributed by atoms with Crippen molar-refractivity contribution in [2.45, 2.75) is 50.7 Å². The van der Waals surface area contributed by atoms with Gasteiger partial charge in [0.15, 0.2) is 9.84 Å². The van der Waals surface area contributed by atoms with Crippen LogP contribution in [0.1, 0.15) is 34.1 Å². The van der Waals surface area contributed by atoms with Crippen molar-refractivity contribution in [2.24, 2.45) is 0 Å². The average Bonchev–Trinajstić information content (AvgIpc) is 2.42. The van der Waals surface area contributed by atoms with Crippen LogP contribution in [0, 0.1) is 0 Å². The molecular weight excluding hydrogens is 304 g/mol. The number of carbonyl (C=O) groups is 1. The number of esters is 1. The lowest BCUT2D eigenvalue weighted by Gasteiger charge is -2.20. The van der Waals surface area contributed by atoms with Crippen molar-refractivity contribution in [1.29, 1.82) is 0 Å². The van der Waals surface area contributed by atoms with E-state index in [-0.39, 0.29) is 18.5 Å². The minimum Gasteiger partial charge on any atom is -0.458 e. The largest absolute Gasteiger partial charge is 0.458 e. The van der Waals surface area contributed by atoms with Gasteiger partial charge in [-0.25, -0.2) is 13.2 Å². The second kappa shape index (κ2) is 7.74. The lowest BCUT2D eigenvalue weighted by atomic mass is 10.2. The Morgan fingerprint density at radius 1 is 1.18 bits per heavy atom. The molecule has 1 unspecified atom stereocenters. The number of sulfone groups is 1. The van der Waals surface area contributed by atoms with Gasteiger partial charge in [0.05, 0.1) is 16.8 Å². The Morgan fingerprint density at radius 2 is 1.77 bits per heavy atom. The quantitative estimate of drug-likeness (QED) is 0.720. The molecule has 0 radical (unpaired) electrons. The zero-order chi connectivity index (χ0) is 16.8. The van der Waals surface area contributed by atoms with Gasteiger partial charge in [-0.2, -0.15) is 0 Å². The van der Waals surface area contributed by atoms with Crippen LogP contribution in [-0.2, 0) is 24.1 Å². The summed E-state index contributed by atoms with van der Waals surface area (Å²) in [7, 11) is -3.32. The molecule has 5 nitrogen and oxygen atoms in total. The van der Waals surface area contributed by atoms with E-state index in [1.165, 1.54) is 0 Å². The van der Waals surface area contributed by atoms with Gasteiger partial charge in [-0.1, -0.05) is 18.2 Å². The fourth-order valence-corrected chi connectivity index (χ4v) is 3.18. The van der Waals surface area contributed by atoms with Crippen LogP contribution in [0.2, 0.25) is 0 Å². The number of hydrogen-bond acceptors (Lipinski definition) is 5. The van der Waals surface area contributed by atoms with Gasteiger partial charge in [-0.3, -0.25) is 0 Å². The number of benzene rings is 1. The SMILES string of the molecule is CC(CCS(=O)(=O)c1ccccc1)OCC(=O)OC(C)(C)C. The van der Waals surface area contributed by atoms with Crippen molar-refractivity contribution >= 4 is 15.8 Å². The van der Waals surface area contributed by atoms with Crippen LogP contribution in [-0.4, -0.2) is 38.5 Å². The van der Waals surface area contributed by atoms with Gasteiger partial charge < -0.3 is 9.47 Å². The Hall–Kier alpha value is -1.40. The second-order valence-electron chi connectivity index (χ2n) is 6.13. The summed E-state index contributed by atoms with van der Waals surface area (Å²) in [5.41, 5.74) is -0.555. The van der Waals surface area contributed by atoms with Crippen molar-refractivity contribution in [3.8, 4) is 0 Å². The molecule has 22 heavy (non-hydrogen) atoms. The molecule has 0 aliphatic carbocycles. The Bertz CT molecular complexity index is 572. The second-order valence-corrected chi connectivity index (χ2v) is 8.24. The minimum atomic E-state index is -3.32. The van der Waals surface area contributed by atoms with Crippen molar-refractivity contribution in [3.63, 3.8) is 0 Å². The van der Waals surface area contributed by atoms with Crippen LogP contribution < -0.4 is 0 Å². The van der Waals surface area contributed by atoms with Gasteiger partial charge in [0.1, 0.15) is 12.2 Å². The van der Waals surface area contributed by atoms with Crippen LogP contribution in [0.5, 0.6) is 0 Å². The summed E-state index contributed by atoms with van der Waals surface area (Å²) < 4.78 is 34.7. The maximum Gasteiger partial charge on any atom is 0.332 e. The summed E-state index contributed by atoms with van der Waals surface area (Å²) in [6, 6.07) is 8.29. The normalized spacial score (nSPS) is 13.6. The summed E-state index contributed by atoms with van der Waals surface area (Å²) in [4.78, 5) is 11.8. The average molecular weight is 328 g/mol. The number of hydrogen-bond donors (Lipinski definition) is 0. The van der Waals surface area contributed by atoms with Gasteiger partial charge in [0.2, 0.25) is 0 Å². The number of carbonyl (C=O) groups excluding carboxylic acids is 1. The molecule has 0 amide bonds. The molecule has 1 atom stereocenters. The molecule has 0 aliphatic heterocycles. The van der Waals surface area contributed by atoms with Gasteiger partial charge >= 0.3 is 5.97 Å². The van der Waals surface area contributed by atoms with E-state index in [9.17, 15) is 13.2 Å². The van der Waals surface area contributed by atoms with Crippen LogP contribution in [0.3, 0.4) is 0 Å². The highest BCUT2D eigenvalue weighted by atomic mass is 32.2. The molecule has 0 N–H and O–H groups in total. The minimum absolute atomic E-state index is 0.0213. The molecule has 0 heterocycles. The van der Waals surface area contributed by atoms with E-state index in [2.05, 4.69) is 0 Å². The Balaban J connectivity index is 2.40. The molecule has 1 aromatic rings. The van der Waals surface area contributed by atoms with Gasteiger partial charge in [0, 0.05) is 0 Å². The van der Waals surface area contributed by atoms with Crippen LogP contribution >= 0.6 is 0 Å². The highest BCUT2D eigenvalue weighted by Gasteiger charge is 2.19. The van der Waals surface area contributed by atoms with Crippen LogP contribution in [0.4, 0.5) is 0 Å². The highest BCUT2D eigenvalue weighted by molar-refractivity contribution is 7.91. The topological polar surface area (TPSA) is 69.7 Å². The Morgan fingerprint density at radius 3 is 2.32 bits per heavy atom. The summed E-state index contributed by atoms with van der Waals surface area (Å²) in [6.45, 7) is 6.90. The molecule has 1 rings (SSSR count). The maximum absolute atomic E-state index is 12.1. The van der Waals surface area contributed by atoms with Crippen LogP contribution in [0.25, 0.3) is 0 Å². The van der Waals surface area contributed by atoms with Gasteiger partial charge in [-0.15, -0.1) is 0 Å². The molecule has 6 heteroatoms. The zero-order valence-electron chi connectivity index (χ0n) is 13.5. The third-order valence-corrected chi connectivity index (χ3v) is 4.56. The monoisotopic (exact) mass is 328 g/mol. The third-order valence-electron chi connectivity index (χ3n) is 2.80. The van der Waals surface area contributed by atoms with Crippen molar-refractivity contribution in [2.75, 3.05) is 12.4 Å². The van der Waals surface area contributed by atoms with Crippen molar-refractivity contribution in [1.82, 2.24) is 0 Å². The third kappa shape index (κ3) is 7.04. The van der Waals surface area contributed by atoms with E-state index in [1.807, 2.05) is 0 Å². The molecule has 124 valence electrons. The van der Waals surface area contributed by atoms with Gasteiger partial charge in [0.25, 0.3) is 0 Å². The zero-order valence-corrected chi connectivity index (χ0v) is 14.4. The standard InChI is InChI=1S/C16H24O5S/c1-13(20-12-15(17)21-16(2,3)4)10-11-22(18,19)14-8-6-5-7-9-14/h5-9,13H,10-12H2,1-4H3. The predicted molar refractivity (Wildman–Crippen MR) is 84.4 cm³/mol. The summed E-state index contributed by atoms with van der Waals surface area (Å²) >= 11 is 0. The van der Waals surface area contributed by atoms with E-state index in [0.29, 0.717) is 11.3 Å². The van der Waals surface area contributed by atoms with Crippen molar-refractivity contribution in [3.05, 3.63) is 30.3 Å². The first-order valence-electron chi connectivity index (χ1n) is 7.21. The molecule has 0 bridgehead atoms. The van der Waals surface area contributed by atoms with E-state index in [4.69, 9.17) is 9.47 Å². The van der Waals surface area contributed by atoms with Gasteiger partial charge in [-0.05, 0) is 46.2 Å². The molecule has 0 spiro atoms. The number of rotatable bonds is 7. The fraction of sp³-hybridized carbons (Fsp3) is 0.562. The molecule has 0 saturated heterocycles. The first-order chi connectivity index (χ1) is 10.1. The summed E-state index contributed by atoms with van der Waals surface area (Å²) in [5.74, 6) is -0.475. The molecule has 0 aliphatic rings. The summed E-state index contributed by atoms with van der Waals surface area (Å²) in [5, 5.41) is 0. The highest BCUT2D eigenvalue weighted by Crippen LogP contribution is 2.13. The van der Waals surface area contributed by atoms with Crippen molar-refractivity contribution < 1.29 is 22.7 Å². The van der Waals surface area contributed by atoms with Crippen LogP contribution in [0.15, 0.2) is 35.2 Å². The lowest BCUT2D eigenvalue weighted by molar-refractivity contribution is -0.162. The fourth-order valence-electron chi connectivity index (χ4n) is 1.73. The smallest absolute Gasteiger partial charge is 0.332 e. The van der Waals surface area contributed by atoms with E-state index in [1.54, 1.807) is 58.0 Å². The predicted octanol–water partition coefficient (Wildman–Crippen LogP) is 2.60. The lowest BCUT2D eigenvalue weighted by Crippen LogP contribution is -2.28. The molecular formula is C16H24O5S. The first kappa shape index (κ1) is 18.6. The molecule has 0 fully saturated rings. The van der Waals surface area contributed by atoms with E-state index >= 15 is 0 Å². The first-order valence-corrected chi connectivity index (χ1v) is 8.86. The Labute approximate surface area is 132 Å². The Kier molecular flexibility index (Phi) is 6.56. The van der Waals surface area contributed by atoms with E-state index < -0.39 is 21.4 Å². The van der Waals surface area contributed by atoms with E-state index in [0.717, 1.165) is 0 Å². The summed E-state index contributed by atoms with van der Waals surface area (Å²) in [6.07, 6.45) is -0.0222. The molecule has 1 aromatic carbocycles.